The van der Waals surface area contributed by atoms with E-state index in [1.807, 2.05) is 84.9 Å². The Morgan fingerprint density at radius 1 is 0.522 bits per heavy atom. The van der Waals surface area contributed by atoms with E-state index in [9.17, 15) is 8.78 Å². The van der Waals surface area contributed by atoms with Crippen LogP contribution < -0.4 is 24.0 Å². The number of H-pyrrole nitrogens is 2. The lowest BCUT2D eigenvalue weighted by Gasteiger charge is -2.36. The Labute approximate surface area is 400 Å². The number of ether oxygens (including phenoxy) is 3. The molecule has 8 aromatic rings. The highest BCUT2D eigenvalue weighted by molar-refractivity contribution is 9.10. The Kier molecular flexibility index (Phi) is 15.0. The molecule has 2 aliphatic rings. The molecule has 10 rings (SSSR count). The van der Waals surface area contributed by atoms with E-state index in [4.69, 9.17) is 14.2 Å². The molecule has 0 saturated carbocycles. The molecular formula is C55H57BrF2N6O3. The summed E-state index contributed by atoms with van der Waals surface area (Å²) >= 11 is 3.64. The maximum atomic E-state index is 13.9. The van der Waals surface area contributed by atoms with Gasteiger partial charge >= 0.3 is 0 Å². The van der Waals surface area contributed by atoms with Crippen molar-refractivity contribution in [3.05, 3.63) is 173 Å². The van der Waals surface area contributed by atoms with Gasteiger partial charge in [-0.1, -0.05) is 66.7 Å². The Morgan fingerprint density at radius 3 is 1.66 bits per heavy atom. The average Bonchev–Trinajstić information content (AvgIpc) is 3.98. The first-order valence-electron chi connectivity index (χ1n) is 23.3. The molecule has 0 unspecified atom stereocenters. The van der Waals surface area contributed by atoms with E-state index in [2.05, 4.69) is 88.1 Å². The minimum atomic E-state index is -0.538. The fourth-order valence-corrected chi connectivity index (χ4v) is 9.74. The van der Waals surface area contributed by atoms with Gasteiger partial charge in [0, 0.05) is 86.1 Å². The summed E-state index contributed by atoms with van der Waals surface area (Å²) < 4.78 is 46.5. The van der Waals surface area contributed by atoms with Crippen LogP contribution >= 0.6 is 15.9 Å². The zero-order chi connectivity index (χ0) is 46.0. The van der Waals surface area contributed by atoms with Crippen molar-refractivity contribution < 1.29 is 23.0 Å². The second-order valence-electron chi connectivity index (χ2n) is 17.1. The largest absolute Gasteiger partial charge is 0.493 e. The number of nitrogens with zero attached hydrogens (tertiary/aromatic N) is 4. The zero-order valence-electron chi connectivity index (χ0n) is 37.9. The summed E-state index contributed by atoms with van der Waals surface area (Å²) in [4.78, 5) is 16.2. The normalized spacial score (nSPS) is 14.6. The van der Waals surface area contributed by atoms with Crippen molar-refractivity contribution >= 4 is 49.1 Å². The van der Waals surface area contributed by atoms with Crippen molar-refractivity contribution in [3.63, 3.8) is 0 Å². The van der Waals surface area contributed by atoms with Crippen molar-refractivity contribution in [2.24, 2.45) is 0 Å². The van der Waals surface area contributed by atoms with E-state index in [1.165, 1.54) is 22.5 Å². The van der Waals surface area contributed by atoms with Gasteiger partial charge in [-0.25, -0.2) is 8.78 Å². The third kappa shape index (κ3) is 11.3. The molecule has 4 heterocycles. The molecular weight excluding hydrogens is 911 g/mol. The minimum Gasteiger partial charge on any atom is -0.493 e. The van der Waals surface area contributed by atoms with Gasteiger partial charge in [0.1, 0.15) is 17.4 Å². The van der Waals surface area contributed by atoms with Crippen LogP contribution in [0.3, 0.4) is 0 Å². The molecule has 0 aliphatic carbocycles. The lowest BCUT2D eigenvalue weighted by atomic mass is 10.1. The van der Waals surface area contributed by atoms with Crippen LogP contribution in [0.25, 0.3) is 21.8 Å². The van der Waals surface area contributed by atoms with Crippen molar-refractivity contribution in [3.8, 4) is 28.7 Å². The van der Waals surface area contributed by atoms with Crippen LogP contribution in [0, 0.1) is 11.6 Å². The molecule has 2 saturated heterocycles. The number of aromatic amines is 2. The van der Waals surface area contributed by atoms with E-state index in [-0.39, 0.29) is 0 Å². The highest BCUT2D eigenvalue weighted by Crippen LogP contribution is 2.37. The second kappa shape index (κ2) is 22.0. The first kappa shape index (κ1) is 45.8. The Bertz CT molecular complexity index is 2860. The Balaban J connectivity index is 0.000000168. The number of aromatic nitrogens is 2. The minimum absolute atomic E-state index is 0.386. The fraction of sp³-hybridized carbons (Fsp3) is 0.273. The van der Waals surface area contributed by atoms with E-state index in [0.717, 1.165) is 147 Å². The van der Waals surface area contributed by atoms with Crippen molar-refractivity contribution in [1.29, 1.82) is 0 Å². The van der Waals surface area contributed by atoms with E-state index in [0.29, 0.717) is 10.9 Å². The molecule has 6 aromatic carbocycles. The highest BCUT2D eigenvalue weighted by Gasteiger charge is 2.22. The number of aryl methyl sites for hydroxylation is 2. The van der Waals surface area contributed by atoms with Gasteiger partial charge < -0.3 is 34.0 Å². The van der Waals surface area contributed by atoms with Crippen LogP contribution in [0.2, 0.25) is 0 Å². The Morgan fingerprint density at radius 2 is 1.04 bits per heavy atom. The highest BCUT2D eigenvalue weighted by atomic mass is 79.9. The number of benzene rings is 6. The van der Waals surface area contributed by atoms with Gasteiger partial charge in [0.25, 0.3) is 0 Å². The molecule has 2 aromatic heterocycles. The van der Waals surface area contributed by atoms with Crippen LogP contribution in [0.4, 0.5) is 20.2 Å². The second-order valence-corrected chi connectivity index (χ2v) is 17.9. The molecule has 0 bridgehead atoms. The molecule has 346 valence electrons. The summed E-state index contributed by atoms with van der Waals surface area (Å²) in [6.07, 6.45) is 7.94. The summed E-state index contributed by atoms with van der Waals surface area (Å²) in [5.74, 6) is 2.98. The molecule has 0 atom stereocenters. The summed E-state index contributed by atoms with van der Waals surface area (Å²) in [5.41, 5.74) is 6.20. The number of fused-ring (bicyclic) bond motifs is 2. The fourth-order valence-electron chi connectivity index (χ4n) is 9.26. The van der Waals surface area contributed by atoms with Gasteiger partial charge in [-0.3, -0.25) is 9.80 Å². The van der Waals surface area contributed by atoms with Gasteiger partial charge in [0.2, 0.25) is 0 Å². The average molecular weight is 968 g/mol. The zero-order valence-corrected chi connectivity index (χ0v) is 39.5. The number of anilines is 2. The molecule has 2 N–H and O–H groups in total. The first-order chi connectivity index (χ1) is 32.9. The first-order valence-corrected chi connectivity index (χ1v) is 24.1. The molecule has 0 amide bonds. The number of nitrogens with one attached hydrogen (secondary N) is 2. The van der Waals surface area contributed by atoms with Gasteiger partial charge in [0.15, 0.2) is 23.0 Å². The summed E-state index contributed by atoms with van der Waals surface area (Å²) in [5, 5.41) is 1.97. The smallest absolute Gasteiger partial charge is 0.169 e. The monoisotopic (exact) mass is 966 g/mol. The predicted octanol–water partition coefficient (Wildman–Crippen LogP) is 12.5. The van der Waals surface area contributed by atoms with Crippen LogP contribution in [-0.4, -0.2) is 92.3 Å². The van der Waals surface area contributed by atoms with E-state index < -0.39 is 11.6 Å². The van der Waals surface area contributed by atoms with E-state index in [1.54, 1.807) is 13.3 Å². The van der Waals surface area contributed by atoms with Crippen LogP contribution in [0.1, 0.15) is 24.0 Å². The molecule has 12 heteroatoms. The molecule has 67 heavy (non-hydrogen) atoms. The van der Waals surface area contributed by atoms with Gasteiger partial charge in [-0.2, -0.15) is 0 Å². The van der Waals surface area contributed by atoms with E-state index >= 15 is 0 Å². The summed E-state index contributed by atoms with van der Waals surface area (Å²) in [7, 11) is 1.67. The SMILES string of the molecule is COc1ccccc1Oc1ccccc1N1CCN(CCCc2c[nH]c3c(Br)cccc23)CC1.Fc1cc(F)c2[nH]cc(CCCN3CCN(c4ccccc4Oc4ccccc4)CC3)c2c1. The third-order valence-corrected chi connectivity index (χ3v) is 13.5. The number of methoxy groups -OCH3 is 1. The van der Waals surface area contributed by atoms with Crippen LogP contribution in [0.5, 0.6) is 28.7 Å². The number of hydrogen-bond donors (Lipinski definition) is 2. The molecule has 2 fully saturated rings. The number of hydrogen-bond acceptors (Lipinski definition) is 7. The maximum Gasteiger partial charge on any atom is 0.169 e. The van der Waals surface area contributed by atoms with Crippen LogP contribution in [-0.2, 0) is 12.8 Å². The molecule has 0 radical (unpaired) electrons. The molecule has 9 nitrogen and oxygen atoms in total. The number of piperazine rings is 2. The van der Waals surface area contributed by atoms with Crippen molar-refractivity contribution in [2.45, 2.75) is 25.7 Å². The quantitative estimate of drug-likeness (QED) is 0.106. The van der Waals surface area contributed by atoms with Crippen molar-refractivity contribution in [2.75, 3.05) is 82.4 Å². The number of halogens is 3. The Hall–Kier alpha value is -6.34. The third-order valence-electron chi connectivity index (χ3n) is 12.8. The number of rotatable bonds is 15. The lowest BCUT2D eigenvalue weighted by molar-refractivity contribution is 0.254. The topological polar surface area (TPSA) is 72.2 Å². The lowest BCUT2D eigenvalue weighted by Crippen LogP contribution is -2.46. The summed E-state index contributed by atoms with van der Waals surface area (Å²) in [6, 6.07) is 42.8. The number of para-hydroxylation sites is 8. The van der Waals surface area contributed by atoms with Crippen molar-refractivity contribution in [1.82, 2.24) is 19.8 Å². The van der Waals surface area contributed by atoms with Crippen LogP contribution in [0.15, 0.2) is 150 Å². The molecule has 2 aliphatic heterocycles. The molecule has 0 spiro atoms. The summed E-state index contributed by atoms with van der Waals surface area (Å²) in [6.45, 7) is 9.98. The standard InChI is InChI=1S/C28H30BrN3O2.C27H27F2N3O/c1-33-26-13-4-5-14-27(26)34-25-12-3-2-11-24(25)32-18-16-31(17-19-32)15-7-8-21-20-30-28-22(21)9-6-10-23(28)29;28-21-17-23-20(19-30-27(23)24(29)18-21)7-6-12-31-13-15-32(16-14-31)25-10-4-5-11-26(25)33-22-8-2-1-3-9-22/h2-6,9-14,20,30H,7-8,15-19H2,1H3;1-5,8-11,17-19,30H,6-7,12-16H2. The maximum absolute atomic E-state index is 13.9. The predicted molar refractivity (Wildman–Crippen MR) is 271 cm³/mol. The van der Waals surface area contributed by atoms with Gasteiger partial charge in [0.05, 0.1) is 29.5 Å². The van der Waals surface area contributed by atoms with Gasteiger partial charge in [-0.15, -0.1) is 0 Å². The van der Waals surface area contributed by atoms with Gasteiger partial charge in [-0.05, 0) is 126 Å².